The van der Waals surface area contributed by atoms with Crippen molar-refractivity contribution in [3.05, 3.63) is 34.3 Å². The minimum atomic E-state index is 0.0772. The van der Waals surface area contributed by atoms with Gasteiger partial charge < -0.3 is 0 Å². The van der Waals surface area contributed by atoms with Crippen LogP contribution in [-0.4, -0.2) is 4.75 Å². The van der Waals surface area contributed by atoms with Crippen LogP contribution in [0, 0.1) is 0 Å². The van der Waals surface area contributed by atoms with Crippen molar-refractivity contribution in [2.45, 2.75) is 25.0 Å². The van der Waals surface area contributed by atoms with E-state index >= 15 is 0 Å². The maximum Gasteiger partial charge on any atom is 0.0175 e. The highest BCUT2D eigenvalue weighted by molar-refractivity contribution is 9.10. The summed E-state index contributed by atoms with van der Waals surface area (Å²) >= 11 is 7.89. The number of hydrogen-bond acceptors (Lipinski definition) is 1. The highest BCUT2D eigenvalue weighted by Crippen LogP contribution is 2.20. The monoisotopic (exact) mass is 244 g/mol. The van der Waals surface area contributed by atoms with Gasteiger partial charge in [0.05, 0.1) is 0 Å². The molecule has 12 heavy (non-hydrogen) atoms. The van der Waals surface area contributed by atoms with E-state index in [1.165, 1.54) is 5.56 Å². The minimum Gasteiger partial charge on any atom is -0.173 e. The van der Waals surface area contributed by atoms with Crippen LogP contribution in [0.25, 0.3) is 0 Å². The summed E-state index contributed by atoms with van der Waals surface area (Å²) in [4.78, 5) is 0. The standard InChI is InChI=1S/C10H13BrS/c1-10(2,12)7-8-3-5-9(11)6-4-8/h3-6,12H,7H2,1-2H3. The molecular weight excluding hydrogens is 232 g/mol. The Morgan fingerprint density at radius 3 is 2.17 bits per heavy atom. The van der Waals surface area contributed by atoms with E-state index in [1.807, 2.05) is 0 Å². The Kier molecular flexibility index (Phi) is 3.24. The molecule has 1 rings (SSSR count). The molecule has 2 heteroatoms. The van der Waals surface area contributed by atoms with Gasteiger partial charge in [0.2, 0.25) is 0 Å². The highest BCUT2D eigenvalue weighted by atomic mass is 79.9. The van der Waals surface area contributed by atoms with Crippen LogP contribution in [0.5, 0.6) is 0 Å². The normalized spacial score (nSPS) is 11.7. The van der Waals surface area contributed by atoms with Gasteiger partial charge in [0.15, 0.2) is 0 Å². The Balaban J connectivity index is 2.71. The Bertz CT molecular complexity index is 246. The van der Waals surface area contributed by atoms with E-state index in [-0.39, 0.29) is 4.75 Å². The van der Waals surface area contributed by atoms with E-state index in [4.69, 9.17) is 0 Å². The van der Waals surface area contributed by atoms with Gasteiger partial charge in [-0.15, -0.1) is 0 Å². The molecule has 1 aromatic rings. The summed E-state index contributed by atoms with van der Waals surface area (Å²) in [6, 6.07) is 8.38. The first kappa shape index (κ1) is 10.1. The zero-order valence-corrected chi connectivity index (χ0v) is 9.82. The predicted molar refractivity (Wildman–Crippen MR) is 60.9 cm³/mol. The first-order chi connectivity index (χ1) is 5.47. The Morgan fingerprint density at radius 1 is 1.25 bits per heavy atom. The predicted octanol–water partition coefficient (Wildman–Crippen LogP) is 3.70. The number of benzene rings is 1. The van der Waals surface area contributed by atoms with Crippen LogP contribution in [0.4, 0.5) is 0 Å². The third kappa shape index (κ3) is 3.63. The molecule has 0 aliphatic heterocycles. The van der Waals surface area contributed by atoms with E-state index < -0.39 is 0 Å². The van der Waals surface area contributed by atoms with Crippen LogP contribution in [0.3, 0.4) is 0 Å². The molecule has 66 valence electrons. The molecule has 0 spiro atoms. The molecule has 0 aliphatic rings. The number of rotatable bonds is 2. The number of halogens is 1. The van der Waals surface area contributed by atoms with Gasteiger partial charge in [0.1, 0.15) is 0 Å². The first-order valence-electron chi connectivity index (χ1n) is 3.94. The lowest BCUT2D eigenvalue weighted by Gasteiger charge is -2.16. The summed E-state index contributed by atoms with van der Waals surface area (Å²) in [7, 11) is 0. The average Bonchev–Trinajstić information content (AvgIpc) is 1.91. The second-order valence-electron chi connectivity index (χ2n) is 3.62. The number of hydrogen-bond donors (Lipinski definition) is 1. The molecule has 1 aromatic carbocycles. The fourth-order valence-electron chi connectivity index (χ4n) is 1.10. The van der Waals surface area contributed by atoms with E-state index in [9.17, 15) is 0 Å². The third-order valence-electron chi connectivity index (χ3n) is 1.55. The smallest absolute Gasteiger partial charge is 0.0175 e. The van der Waals surface area contributed by atoms with Gasteiger partial charge in [0, 0.05) is 9.22 Å². The van der Waals surface area contributed by atoms with Crippen LogP contribution in [-0.2, 0) is 6.42 Å². The van der Waals surface area contributed by atoms with Crippen LogP contribution < -0.4 is 0 Å². The van der Waals surface area contributed by atoms with Crippen molar-refractivity contribution in [2.75, 3.05) is 0 Å². The molecule has 0 saturated carbocycles. The second-order valence-corrected chi connectivity index (χ2v) is 5.74. The number of thiol groups is 1. The minimum absolute atomic E-state index is 0.0772. The van der Waals surface area contributed by atoms with Crippen molar-refractivity contribution in [3.8, 4) is 0 Å². The van der Waals surface area contributed by atoms with Crippen LogP contribution in [0.2, 0.25) is 0 Å². The lowest BCUT2D eigenvalue weighted by atomic mass is 10.0. The fourth-order valence-corrected chi connectivity index (χ4v) is 1.55. The van der Waals surface area contributed by atoms with Gasteiger partial charge in [-0.1, -0.05) is 41.9 Å². The lowest BCUT2D eigenvalue weighted by Crippen LogP contribution is -2.13. The van der Waals surface area contributed by atoms with Gasteiger partial charge in [0.25, 0.3) is 0 Å². The summed E-state index contributed by atoms with van der Waals surface area (Å²) in [6.07, 6.45) is 1.00. The molecule has 0 radical (unpaired) electrons. The van der Waals surface area contributed by atoms with Crippen molar-refractivity contribution < 1.29 is 0 Å². The summed E-state index contributed by atoms with van der Waals surface area (Å²) < 4.78 is 1.21. The van der Waals surface area contributed by atoms with Crippen molar-refractivity contribution in [1.82, 2.24) is 0 Å². The Morgan fingerprint density at radius 2 is 1.75 bits per heavy atom. The Labute approximate surface area is 87.9 Å². The molecule has 0 amide bonds. The van der Waals surface area contributed by atoms with Crippen molar-refractivity contribution in [3.63, 3.8) is 0 Å². The molecule has 0 aromatic heterocycles. The zero-order valence-electron chi connectivity index (χ0n) is 7.34. The van der Waals surface area contributed by atoms with Gasteiger partial charge in [-0.2, -0.15) is 12.6 Å². The SMILES string of the molecule is CC(C)(S)Cc1ccc(Br)cc1. The summed E-state index contributed by atoms with van der Waals surface area (Å²) in [5, 5.41) is 0. The Hall–Kier alpha value is 0.0500. The second kappa shape index (κ2) is 3.84. The summed E-state index contributed by atoms with van der Waals surface area (Å²) in [5.41, 5.74) is 1.33. The summed E-state index contributed by atoms with van der Waals surface area (Å²) in [6.45, 7) is 4.25. The van der Waals surface area contributed by atoms with Crippen molar-refractivity contribution >= 4 is 28.6 Å². The molecule has 0 heterocycles. The molecule has 0 aliphatic carbocycles. The van der Waals surface area contributed by atoms with Gasteiger partial charge >= 0.3 is 0 Å². The topological polar surface area (TPSA) is 0 Å². The van der Waals surface area contributed by atoms with Crippen LogP contribution in [0.1, 0.15) is 19.4 Å². The third-order valence-corrected chi connectivity index (χ3v) is 2.24. The van der Waals surface area contributed by atoms with Gasteiger partial charge in [-0.25, -0.2) is 0 Å². The molecule has 0 fully saturated rings. The van der Waals surface area contributed by atoms with Crippen molar-refractivity contribution in [1.29, 1.82) is 0 Å². The molecule has 0 bridgehead atoms. The maximum atomic E-state index is 4.48. The van der Waals surface area contributed by atoms with Gasteiger partial charge in [-0.05, 0) is 24.1 Å². The van der Waals surface area contributed by atoms with E-state index in [0.717, 1.165) is 10.9 Å². The molecule has 0 atom stereocenters. The van der Waals surface area contributed by atoms with E-state index in [2.05, 4.69) is 66.7 Å². The zero-order chi connectivity index (χ0) is 9.19. The molecule has 0 unspecified atom stereocenters. The van der Waals surface area contributed by atoms with Crippen LogP contribution in [0.15, 0.2) is 28.7 Å². The van der Waals surface area contributed by atoms with Crippen LogP contribution >= 0.6 is 28.6 Å². The summed E-state index contributed by atoms with van der Waals surface area (Å²) in [5.74, 6) is 0. The maximum absolute atomic E-state index is 4.48. The van der Waals surface area contributed by atoms with Crippen molar-refractivity contribution in [2.24, 2.45) is 0 Å². The largest absolute Gasteiger partial charge is 0.173 e. The first-order valence-corrected chi connectivity index (χ1v) is 5.18. The van der Waals surface area contributed by atoms with E-state index in [1.54, 1.807) is 0 Å². The molecular formula is C10H13BrS. The molecule has 0 nitrogen and oxygen atoms in total. The average molecular weight is 245 g/mol. The lowest BCUT2D eigenvalue weighted by molar-refractivity contribution is 0.714. The molecule has 0 saturated heterocycles. The highest BCUT2D eigenvalue weighted by Gasteiger charge is 2.11. The van der Waals surface area contributed by atoms with E-state index in [0.29, 0.717) is 0 Å². The molecule has 0 N–H and O–H groups in total. The quantitative estimate of drug-likeness (QED) is 0.754. The van der Waals surface area contributed by atoms with Gasteiger partial charge in [-0.3, -0.25) is 0 Å². The fraction of sp³-hybridized carbons (Fsp3) is 0.400.